The number of rotatable bonds is 7. The number of pyridine rings is 1. The summed E-state index contributed by atoms with van der Waals surface area (Å²) in [6.07, 6.45) is 3.14. The molecule has 2 heterocycles. The van der Waals surface area contributed by atoms with E-state index in [1.165, 1.54) is 6.20 Å². The van der Waals surface area contributed by atoms with Crippen LogP contribution in [0, 0.1) is 0 Å². The molecule has 0 aliphatic rings. The maximum Gasteiger partial charge on any atom is 0.242 e. The van der Waals surface area contributed by atoms with Crippen LogP contribution in [0.1, 0.15) is 31.3 Å². The summed E-state index contributed by atoms with van der Waals surface area (Å²) >= 11 is 0. The maximum atomic E-state index is 12.3. The molecule has 0 saturated carbocycles. The summed E-state index contributed by atoms with van der Waals surface area (Å²) < 4.78 is 27.3. The Labute approximate surface area is 125 Å². The predicted molar refractivity (Wildman–Crippen MR) is 81.1 cm³/mol. The fourth-order valence-corrected chi connectivity index (χ4v) is 3.16. The van der Waals surface area contributed by atoms with Crippen molar-refractivity contribution < 1.29 is 8.42 Å². The van der Waals surface area contributed by atoms with Gasteiger partial charge in [-0.2, -0.15) is 0 Å². The maximum absolute atomic E-state index is 12.3. The molecule has 3 N–H and O–H groups in total. The predicted octanol–water partition coefficient (Wildman–Crippen LogP) is 1.56. The normalized spacial score (nSPS) is 13.2. The third kappa shape index (κ3) is 4.13. The van der Waals surface area contributed by atoms with Gasteiger partial charge in [-0.25, -0.2) is 13.1 Å². The first-order valence-corrected chi connectivity index (χ1v) is 8.32. The van der Waals surface area contributed by atoms with Crippen molar-refractivity contribution in [2.45, 2.75) is 31.3 Å². The Kier molecular flexibility index (Phi) is 5.11. The average molecular weight is 308 g/mol. The molecule has 7 heteroatoms. The molecular weight excluding hydrogens is 288 g/mol. The first kappa shape index (κ1) is 15.7. The summed E-state index contributed by atoms with van der Waals surface area (Å²) in [5.74, 6) is 0. The van der Waals surface area contributed by atoms with Crippen LogP contribution in [-0.2, 0) is 16.6 Å². The van der Waals surface area contributed by atoms with Crippen molar-refractivity contribution in [1.82, 2.24) is 20.0 Å². The van der Waals surface area contributed by atoms with Gasteiger partial charge in [0.25, 0.3) is 0 Å². The van der Waals surface area contributed by atoms with Crippen molar-refractivity contribution in [2.24, 2.45) is 0 Å². The number of aromatic amines is 1. The van der Waals surface area contributed by atoms with Crippen LogP contribution in [0.25, 0.3) is 0 Å². The van der Waals surface area contributed by atoms with E-state index in [2.05, 4.69) is 20.0 Å². The molecule has 0 fully saturated rings. The van der Waals surface area contributed by atoms with E-state index in [1.807, 2.05) is 13.0 Å². The van der Waals surface area contributed by atoms with Crippen molar-refractivity contribution in [2.75, 3.05) is 6.54 Å². The Bertz CT molecular complexity index is 667. The summed E-state index contributed by atoms with van der Waals surface area (Å²) in [5, 5.41) is 3.14. The van der Waals surface area contributed by atoms with E-state index in [4.69, 9.17) is 0 Å². The number of hydrogen-bond acceptors (Lipinski definition) is 4. The standard InChI is InChI=1S/C14H20N4O2S/c1-3-15-9-12-8-13(10-17-12)21(19,20)18-11(2)14-6-4-5-7-16-14/h4-8,10-11,15,17-18H,3,9H2,1-2H3. The molecule has 1 atom stereocenters. The highest BCUT2D eigenvalue weighted by Gasteiger charge is 2.20. The molecular formula is C14H20N4O2S. The molecule has 0 spiro atoms. The summed E-state index contributed by atoms with van der Waals surface area (Å²) in [7, 11) is -3.56. The van der Waals surface area contributed by atoms with Crippen LogP contribution in [0.4, 0.5) is 0 Å². The molecule has 0 radical (unpaired) electrons. The minimum Gasteiger partial charge on any atom is -0.363 e. The molecule has 21 heavy (non-hydrogen) atoms. The lowest BCUT2D eigenvalue weighted by molar-refractivity contribution is 0.564. The lowest BCUT2D eigenvalue weighted by atomic mass is 10.2. The summed E-state index contributed by atoms with van der Waals surface area (Å²) in [4.78, 5) is 7.35. The lowest BCUT2D eigenvalue weighted by Gasteiger charge is -2.12. The van der Waals surface area contributed by atoms with E-state index in [0.717, 1.165) is 12.2 Å². The topological polar surface area (TPSA) is 86.9 Å². The van der Waals surface area contributed by atoms with Gasteiger partial charge in [-0.05, 0) is 31.7 Å². The average Bonchev–Trinajstić information content (AvgIpc) is 2.95. The zero-order chi connectivity index (χ0) is 15.3. The highest BCUT2D eigenvalue weighted by molar-refractivity contribution is 7.89. The molecule has 1 unspecified atom stereocenters. The Morgan fingerprint density at radius 3 is 2.86 bits per heavy atom. The van der Waals surface area contributed by atoms with E-state index in [9.17, 15) is 8.42 Å². The van der Waals surface area contributed by atoms with Gasteiger partial charge in [-0.3, -0.25) is 4.98 Å². The van der Waals surface area contributed by atoms with Crippen molar-refractivity contribution in [3.63, 3.8) is 0 Å². The van der Waals surface area contributed by atoms with E-state index >= 15 is 0 Å². The molecule has 6 nitrogen and oxygen atoms in total. The molecule has 0 aliphatic carbocycles. The van der Waals surface area contributed by atoms with Crippen molar-refractivity contribution in [1.29, 1.82) is 0 Å². The fourth-order valence-electron chi connectivity index (χ4n) is 1.93. The Morgan fingerprint density at radius 1 is 1.38 bits per heavy atom. The monoisotopic (exact) mass is 308 g/mol. The summed E-state index contributed by atoms with van der Waals surface area (Å²) in [6, 6.07) is 6.67. The Balaban J connectivity index is 2.09. The second-order valence-corrected chi connectivity index (χ2v) is 6.45. The van der Waals surface area contributed by atoms with Gasteiger partial charge in [0.05, 0.1) is 16.6 Å². The number of nitrogens with one attached hydrogen (secondary N) is 3. The molecule has 0 bridgehead atoms. The molecule has 2 aromatic heterocycles. The number of H-pyrrole nitrogens is 1. The number of sulfonamides is 1. The minimum absolute atomic E-state index is 0.234. The van der Waals surface area contributed by atoms with Crippen LogP contribution in [0.3, 0.4) is 0 Å². The van der Waals surface area contributed by atoms with E-state index in [-0.39, 0.29) is 10.9 Å². The van der Waals surface area contributed by atoms with Crippen molar-refractivity contribution in [3.05, 3.63) is 48.0 Å². The molecule has 0 aliphatic heterocycles. The largest absolute Gasteiger partial charge is 0.363 e. The number of hydrogen-bond donors (Lipinski definition) is 3. The minimum atomic E-state index is -3.56. The molecule has 2 aromatic rings. The van der Waals surface area contributed by atoms with E-state index in [0.29, 0.717) is 12.2 Å². The van der Waals surface area contributed by atoms with E-state index in [1.54, 1.807) is 31.3 Å². The number of aromatic nitrogens is 2. The van der Waals surface area contributed by atoms with Gasteiger partial charge in [0.15, 0.2) is 0 Å². The molecule has 114 valence electrons. The first-order chi connectivity index (χ1) is 10.0. The summed E-state index contributed by atoms with van der Waals surface area (Å²) in [5.41, 5.74) is 1.52. The van der Waals surface area contributed by atoms with Crippen LogP contribution >= 0.6 is 0 Å². The quantitative estimate of drug-likeness (QED) is 0.724. The Morgan fingerprint density at radius 2 is 2.19 bits per heavy atom. The fraction of sp³-hybridized carbons (Fsp3) is 0.357. The van der Waals surface area contributed by atoms with Crippen LogP contribution in [0.5, 0.6) is 0 Å². The van der Waals surface area contributed by atoms with Gasteiger partial charge in [0.2, 0.25) is 10.0 Å². The zero-order valence-electron chi connectivity index (χ0n) is 12.1. The Hall–Kier alpha value is -1.70. The molecule has 2 rings (SSSR count). The van der Waals surface area contributed by atoms with Gasteiger partial charge >= 0.3 is 0 Å². The molecule has 0 saturated heterocycles. The van der Waals surface area contributed by atoms with Crippen molar-refractivity contribution >= 4 is 10.0 Å². The molecule has 0 aromatic carbocycles. The van der Waals surface area contributed by atoms with Crippen LogP contribution in [0.15, 0.2) is 41.6 Å². The smallest absolute Gasteiger partial charge is 0.242 e. The summed E-state index contributed by atoms with van der Waals surface area (Å²) in [6.45, 7) is 5.21. The van der Waals surface area contributed by atoms with Gasteiger partial charge in [-0.1, -0.05) is 13.0 Å². The third-order valence-electron chi connectivity index (χ3n) is 3.06. The zero-order valence-corrected chi connectivity index (χ0v) is 12.9. The SMILES string of the molecule is CCNCc1cc(S(=O)(=O)NC(C)c2ccccn2)c[nH]1. The number of nitrogens with zero attached hydrogens (tertiary/aromatic N) is 1. The highest BCUT2D eigenvalue weighted by atomic mass is 32.2. The lowest BCUT2D eigenvalue weighted by Crippen LogP contribution is -2.27. The van der Waals surface area contributed by atoms with Crippen molar-refractivity contribution in [3.8, 4) is 0 Å². The second-order valence-electron chi connectivity index (χ2n) is 4.74. The first-order valence-electron chi connectivity index (χ1n) is 6.84. The van der Waals surface area contributed by atoms with Crippen LogP contribution in [0.2, 0.25) is 0 Å². The van der Waals surface area contributed by atoms with Crippen LogP contribution in [-0.4, -0.2) is 24.9 Å². The highest BCUT2D eigenvalue weighted by Crippen LogP contribution is 2.16. The van der Waals surface area contributed by atoms with Gasteiger partial charge in [0, 0.05) is 24.6 Å². The molecule has 0 amide bonds. The van der Waals surface area contributed by atoms with Gasteiger partial charge in [-0.15, -0.1) is 0 Å². The van der Waals surface area contributed by atoms with Gasteiger partial charge < -0.3 is 10.3 Å². The van der Waals surface area contributed by atoms with E-state index < -0.39 is 10.0 Å². The second kappa shape index (κ2) is 6.84. The van der Waals surface area contributed by atoms with Crippen LogP contribution < -0.4 is 10.0 Å². The third-order valence-corrected chi connectivity index (χ3v) is 4.58. The van der Waals surface area contributed by atoms with Gasteiger partial charge in [0.1, 0.15) is 0 Å².